The molecule has 2 N–H and O–H groups in total. The number of benzene rings is 1. The average Bonchev–Trinajstić information content (AvgIpc) is 2.43. The molecule has 1 heterocycles. The Morgan fingerprint density at radius 3 is 2.39 bits per heavy atom. The van der Waals surface area contributed by atoms with E-state index in [1.807, 2.05) is 4.90 Å². The maximum absolute atomic E-state index is 12.6. The quantitative estimate of drug-likeness (QED) is 0.734. The molecule has 134 valence electrons. The lowest BCUT2D eigenvalue weighted by atomic mass is 9.98. The topological polar surface area (TPSA) is 35.5 Å². The molecule has 1 fully saturated rings. The van der Waals surface area contributed by atoms with Gasteiger partial charge >= 0.3 is 6.18 Å². The van der Waals surface area contributed by atoms with Crippen molar-refractivity contribution in [2.75, 3.05) is 26.2 Å². The lowest BCUT2D eigenvalue weighted by Crippen LogP contribution is -2.45. The van der Waals surface area contributed by atoms with Crippen LogP contribution >= 0.6 is 40.7 Å². The summed E-state index contributed by atoms with van der Waals surface area (Å²) in [5, 5.41) is 13.2. The third-order valence-corrected chi connectivity index (χ3v) is 4.14. The molecule has 0 unspecified atom stereocenters. The number of hydrogen-bond donors (Lipinski definition) is 2. The molecule has 3 nitrogen and oxygen atoms in total. The van der Waals surface area contributed by atoms with Crippen LogP contribution in [0.25, 0.3) is 0 Å². The molecule has 1 saturated heterocycles. The van der Waals surface area contributed by atoms with Crippen LogP contribution in [-0.4, -0.2) is 42.4 Å². The summed E-state index contributed by atoms with van der Waals surface area (Å²) in [7, 11) is 0. The molecule has 1 aliphatic rings. The monoisotopic (exact) mass is 438 g/mol. The van der Waals surface area contributed by atoms with E-state index in [2.05, 4.69) is 21.2 Å². The van der Waals surface area contributed by atoms with Crippen molar-refractivity contribution in [3.8, 4) is 5.75 Å². The average molecular weight is 440 g/mol. The molecule has 9 heteroatoms. The minimum absolute atomic E-state index is 0. The highest BCUT2D eigenvalue weighted by Crippen LogP contribution is 2.36. The highest BCUT2D eigenvalue weighted by molar-refractivity contribution is 9.10. The van der Waals surface area contributed by atoms with Gasteiger partial charge in [-0.25, -0.2) is 0 Å². The van der Waals surface area contributed by atoms with E-state index in [0.717, 1.165) is 17.6 Å². The van der Waals surface area contributed by atoms with Gasteiger partial charge in [-0.1, -0.05) is 15.9 Å². The van der Waals surface area contributed by atoms with E-state index in [1.165, 1.54) is 6.07 Å². The number of rotatable bonds is 4. The van der Waals surface area contributed by atoms with E-state index in [-0.39, 0.29) is 37.0 Å². The van der Waals surface area contributed by atoms with Gasteiger partial charge in [0.15, 0.2) is 0 Å². The molecule has 0 spiro atoms. The minimum Gasteiger partial charge on any atom is -0.508 e. The van der Waals surface area contributed by atoms with Gasteiger partial charge in [-0.2, -0.15) is 13.2 Å². The first-order chi connectivity index (χ1) is 9.87. The Kier molecular flexibility index (Phi) is 9.84. The zero-order chi connectivity index (χ0) is 15.5. The molecule has 1 aromatic carbocycles. The van der Waals surface area contributed by atoms with Gasteiger partial charge in [0.25, 0.3) is 0 Å². The van der Waals surface area contributed by atoms with Crippen LogP contribution in [0.2, 0.25) is 0 Å². The third-order valence-electron chi connectivity index (χ3n) is 3.64. The molecule has 0 aromatic heterocycles. The Balaban J connectivity index is 0.00000242. The van der Waals surface area contributed by atoms with Gasteiger partial charge in [-0.3, -0.25) is 4.90 Å². The Hall–Kier alpha value is -0.210. The van der Waals surface area contributed by atoms with E-state index >= 15 is 0 Å². The lowest BCUT2D eigenvalue weighted by Gasteiger charge is -2.35. The third kappa shape index (κ3) is 7.05. The Bertz CT molecular complexity index is 486. The lowest BCUT2D eigenvalue weighted by molar-refractivity contribution is -0.138. The van der Waals surface area contributed by atoms with Gasteiger partial charge in [-0.15, -0.1) is 24.8 Å². The number of phenolic OH excluding ortho intramolecular Hbond substituents is 1. The van der Waals surface area contributed by atoms with Crippen LogP contribution in [0.4, 0.5) is 13.2 Å². The fourth-order valence-corrected chi connectivity index (χ4v) is 3.00. The second kappa shape index (κ2) is 9.93. The molecule has 0 saturated carbocycles. The molecule has 0 radical (unpaired) electrons. The fraction of sp³-hybridized carbons (Fsp3) is 0.571. The standard InChI is InChI=1S/C14H18BrF3N2O.2ClH/c15-10-1-2-13(21)11(9-10)12(3-4-14(16,17)18)20-7-5-19-6-8-20;;/h1-2,9,12,19,21H,3-8H2;2*1H/t12-;;/m1../s1. The SMILES string of the molecule is Cl.Cl.Oc1ccc(Br)cc1[C@@H](CCC(F)(F)F)N1CCNCC1. The largest absolute Gasteiger partial charge is 0.508 e. The van der Waals surface area contributed by atoms with Crippen molar-refractivity contribution in [3.63, 3.8) is 0 Å². The maximum Gasteiger partial charge on any atom is 0.389 e. The van der Waals surface area contributed by atoms with E-state index < -0.39 is 18.6 Å². The van der Waals surface area contributed by atoms with E-state index in [9.17, 15) is 18.3 Å². The summed E-state index contributed by atoms with van der Waals surface area (Å²) in [6.07, 6.45) is -5.09. The highest BCUT2D eigenvalue weighted by atomic mass is 79.9. The number of phenols is 1. The van der Waals surface area contributed by atoms with Gasteiger partial charge in [0.05, 0.1) is 0 Å². The first-order valence-corrected chi connectivity index (χ1v) is 7.66. The van der Waals surface area contributed by atoms with Crippen molar-refractivity contribution >= 4 is 40.7 Å². The van der Waals surface area contributed by atoms with Crippen LogP contribution in [-0.2, 0) is 0 Å². The van der Waals surface area contributed by atoms with E-state index in [0.29, 0.717) is 18.7 Å². The van der Waals surface area contributed by atoms with Crippen molar-refractivity contribution < 1.29 is 18.3 Å². The highest BCUT2D eigenvalue weighted by Gasteiger charge is 2.32. The second-order valence-electron chi connectivity index (χ2n) is 5.16. The number of halogens is 6. The normalized spacial score (nSPS) is 17.0. The molecule has 0 amide bonds. The number of nitrogens with one attached hydrogen (secondary N) is 1. The van der Waals surface area contributed by atoms with Crippen molar-refractivity contribution in [1.29, 1.82) is 0 Å². The maximum atomic E-state index is 12.6. The van der Waals surface area contributed by atoms with Crippen LogP contribution in [0.3, 0.4) is 0 Å². The summed E-state index contributed by atoms with van der Waals surface area (Å²) in [4.78, 5) is 2.00. The first-order valence-electron chi connectivity index (χ1n) is 6.87. The van der Waals surface area contributed by atoms with Gasteiger partial charge in [0.2, 0.25) is 0 Å². The van der Waals surface area contributed by atoms with Crippen LogP contribution in [0.15, 0.2) is 22.7 Å². The van der Waals surface area contributed by atoms with Gasteiger partial charge < -0.3 is 10.4 Å². The Morgan fingerprint density at radius 2 is 1.83 bits per heavy atom. The number of hydrogen-bond acceptors (Lipinski definition) is 3. The summed E-state index contributed by atoms with van der Waals surface area (Å²) >= 11 is 3.32. The van der Waals surface area contributed by atoms with Crippen molar-refractivity contribution in [2.45, 2.75) is 25.1 Å². The molecule has 23 heavy (non-hydrogen) atoms. The minimum atomic E-state index is -4.19. The summed E-state index contributed by atoms with van der Waals surface area (Å²) in [6, 6.07) is 4.48. The van der Waals surface area contributed by atoms with Gasteiger partial charge in [0.1, 0.15) is 5.75 Å². The summed E-state index contributed by atoms with van der Waals surface area (Å²) in [6.45, 7) is 2.84. The van der Waals surface area contributed by atoms with Crippen molar-refractivity contribution in [2.24, 2.45) is 0 Å². The Morgan fingerprint density at radius 1 is 1.22 bits per heavy atom. The molecular formula is C14H20BrCl2F3N2O. The number of alkyl halides is 3. The molecule has 2 rings (SSSR count). The summed E-state index contributed by atoms with van der Waals surface area (Å²) in [5.74, 6) is 0.0453. The van der Waals surface area contributed by atoms with Gasteiger partial charge in [0, 0.05) is 48.7 Å². The van der Waals surface area contributed by atoms with Crippen molar-refractivity contribution in [1.82, 2.24) is 10.2 Å². The smallest absolute Gasteiger partial charge is 0.389 e. The zero-order valence-corrected chi connectivity index (χ0v) is 15.5. The molecule has 1 atom stereocenters. The second-order valence-corrected chi connectivity index (χ2v) is 6.07. The van der Waals surface area contributed by atoms with Crippen LogP contribution in [0.1, 0.15) is 24.4 Å². The van der Waals surface area contributed by atoms with Crippen LogP contribution < -0.4 is 5.32 Å². The van der Waals surface area contributed by atoms with Crippen molar-refractivity contribution in [3.05, 3.63) is 28.2 Å². The summed E-state index contributed by atoms with van der Waals surface area (Å²) < 4.78 is 38.5. The molecule has 0 bridgehead atoms. The van der Waals surface area contributed by atoms with E-state index in [4.69, 9.17) is 0 Å². The number of aromatic hydroxyl groups is 1. The van der Waals surface area contributed by atoms with Crippen LogP contribution in [0.5, 0.6) is 5.75 Å². The molecule has 1 aromatic rings. The zero-order valence-electron chi connectivity index (χ0n) is 12.3. The molecule has 0 aliphatic carbocycles. The van der Waals surface area contributed by atoms with E-state index in [1.54, 1.807) is 12.1 Å². The van der Waals surface area contributed by atoms with Gasteiger partial charge in [-0.05, 0) is 24.6 Å². The predicted molar refractivity (Wildman–Crippen MR) is 92.8 cm³/mol. The first kappa shape index (κ1) is 22.8. The Labute approximate surface area is 154 Å². The van der Waals surface area contributed by atoms with Crippen LogP contribution in [0, 0.1) is 0 Å². The molecular weight excluding hydrogens is 420 g/mol. The number of nitrogens with zero attached hydrogens (tertiary/aromatic N) is 1. The molecule has 1 aliphatic heterocycles. The summed E-state index contributed by atoms with van der Waals surface area (Å²) in [5.41, 5.74) is 0.551. The fourth-order valence-electron chi connectivity index (χ4n) is 2.62. The predicted octanol–water partition coefficient (Wildman–Crippen LogP) is 4.29. The number of piperazine rings is 1.